The fourth-order valence-electron chi connectivity index (χ4n) is 3.05. The molecule has 3 rings (SSSR count). The van der Waals surface area contributed by atoms with Crippen molar-refractivity contribution in [3.8, 4) is 0 Å². The van der Waals surface area contributed by atoms with Gasteiger partial charge in [0.05, 0.1) is 0 Å². The lowest BCUT2D eigenvalue weighted by Crippen LogP contribution is -2.21. The molecule has 31 heavy (non-hydrogen) atoms. The van der Waals surface area contributed by atoms with Crippen molar-refractivity contribution in [3.63, 3.8) is 0 Å². The lowest BCUT2D eigenvalue weighted by Gasteiger charge is -2.14. The summed E-state index contributed by atoms with van der Waals surface area (Å²) in [6.07, 6.45) is 0. The molecule has 0 atom stereocenters. The number of benzene rings is 3. The van der Waals surface area contributed by atoms with Gasteiger partial charge in [-0.3, -0.25) is 0 Å². The molecular formula is C25H28N4O2. The van der Waals surface area contributed by atoms with E-state index >= 15 is 0 Å². The van der Waals surface area contributed by atoms with Crippen LogP contribution in [0.2, 0.25) is 0 Å². The predicted octanol–water partition coefficient (Wildman–Crippen LogP) is 6.52. The highest BCUT2D eigenvalue weighted by molar-refractivity contribution is 6.02. The van der Waals surface area contributed by atoms with E-state index in [1.165, 1.54) is 11.1 Å². The summed E-state index contributed by atoms with van der Waals surface area (Å²) in [6, 6.07) is 16.2. The Balaban J connectivity index is 1.64. The molecule has 0 saturated carbocycles. The highest BCUT2D eigenvalue weighted by atomic mass is 16.2. The van der Waals surface area contributed by atoms with Crippen LogP contribution in [0.15, 0.2) is 54.6 Å². The first-order valence-corrected chi connectivity index (χ1v) is 10.1. The lowest BCUT2D eigenvalue weighted by molar-refractivity contribution is 0.261. The quantitative estimate of drug-likeness (QED) is 0.391. The van der Waals surface area contributed by atoms with Gasteiger partial charge < -0.3 is 21.3 Å². The molecule has 0 aliphatic rings. The monoisotopic (exact) mass is 416 g/mol. The van der Waals surface area contributed by atoms with Gasteiger partial charge in [0.2, 0.25) is 0 Å². The molecule has 0 aliphatic heterocycles. The van der Waals surface area contributed by atoms with Crippen LogP contribution in [0, 0.1) is 34.6 Å². The van der Waals surface area contributed by atoms with Gasteiger partial charge in [-0.1, -0.05) is 18.2 Å². The molecule has 0 aromatic heterocycles. The van der Waals surface area contributed by atoms with Crippen LogP contribution in [0.4, 0.5) is 32.3 Å². The van der Waals surface area contributed by atoms with Crippen molar-refractivity contribution < 1.29 is 9.59 Å². The average molecular weight is 417 g/mol. The number of hydrogen-bond donors (Lipinski definition) is 4. The van der Waals surface area contributed by atoms with Gasteiger partial charge in [-0.15, -0.1) is 0 Å². The van der Waals surface area contributed by atoms with E-state index in [1.807, 2.05) is 77.1 Å². The maximum Gasteiger partial charge on any atom is 0.323 e. The zero-order valence-electron chi connectivity index (χ0n) is 18.5. The molecule has 0 spiro atoms. The fraction of sp³-hybridized carbons (Fsp3) is 0.200. The summed E-state index contributed by atoms with van der Waals surface area (Å²) in [5.74, 6) is 0. The number of rotatable bonds is 4. The van der Waals surface area contributed by atoms with Crippen molar-refractivity contribution in [2.75, 3.05) is 21.3 Å². The van der Waals surface area contributed by atoms with Crippen LogP contribution in [-0.4, -0.2) is 12.1 Å². The molecule has 6 nitrogen and oxygen atoms in total. The van der Waals surface area contributed by atoms with E-state index in [9.17, 15) is 9.59 Å². The Morgan fingerprint density at radius 3 is 1.32 bits per heavy atom. The van der Waals surface area contributed by atoms with Gasteiger partial charge in [0.15, 0.2) is 0 Å². The standard InChI is InChI=1S/C25H28N4O2/c1-15-6-9-20(12-18(15)4)26-24(30)28-22-11-8-17(3)23(14-22)29-25(31)27-21-10-7-16(2)19(5)13-21/h6-14H,1-5H3,(H2,26,28,30)(H2,27,29,31). The van der Waals surface area contributed by atoms with Gasteiger partial charge in [-0.05, 0) is 98.8 Å². The largest absolute Gasteiger partial charge is 0.323 e. The van der Waals surface area contributed by atoms with E-state index in [0.717, 1.165) is 28.1 Å². The maximum absolute atomic E-state index is 12.4. The van der Waals surface area contributed by atoms with Crippen LogP contribution in [0.5, 0.6) is 0 Å². The van der Waals surface area contributed by atoms with Crippen molar-refractivity contribution in [2.24, 2.45) is 0 Å². The molecule has 3 aromatic carbocycles. The zero-order valence-corrected chi connectivity index (χ0v) is 18.5. The van der Waals surface area contributed by atoms with Gasteiger partial charge in [-0.2, -0.15) is 0 Å². The van der Waals surface area contributed by atoms with Gasteiger partial charge in [0, 0.05) is 22.7 Å². The topological polar surface area (TPSA) is 82.3 Å². The van der Waals surface area contributed by atoms with Crippen LogP contribution in [0.25, 0.3) is 0 Å². The van der Waals surface area contributed by atoms with E-state index < -0.39 is 0 Å². The third-order valence-corrected chi connectivity index (χ3v) is 5.27. The lowest BCUT2D eigenvalue weighted by atomic mass is 10.1. The summed E-state index contributed by atoms with van der Waals surface area (Å²) in [6.45, 7) is 9.94. The number of anilines is 4. The molecule has 3 aromatic rings. The predicted molar refractivity (Wildman–Crippen MR) is 128 cm³/mol. The van der Waals surface area contributed by atoms with Crippen molar-refractivity contribution in [1.29, 1.82) is 0 Å². The van der Waals surface area contributed by atoms with Gasteiger partial charge in [0.1, 0.15) is 0 Å². The van der Waals surface area contributed by atoms with Crippen LogP contribution >= 0.6 is 0 Å². The first kappa shape index (κ1) is 21.9. The van der Waals surface area contributed by atoms with E-state index in [2.05, 4.69) is 21.3 Å². The molecule has 160 valence electrons. The number of aryl methyl sites for hydroxylation is 5. The van der Waals surface area contributed by atoms with E-state index in [-0.39, 0.29) is 12.1 Å². The summed E-state index contributed by atoms with van der Waals surface area (Å²) in [5, 5.41) is 11.3. The summed E-state index contributed by atoms with van der Waals surface area (Å²) < 4.78 is 0. The number of amides is 4. The number of hydrogen-bond acceptors (Lipinski definition) is 2. The molecule has 4 amide bonds. The fourth-order valence-corrected chi connectivity index (χ4v) is 3.05. The smallest absolute Gasteiger partial charge is 0.308 e. The van der Waals surface area contributed by atoms with Gasteiger partial charge in [-0.25, -0.2) is 9.59 Å². The third-order valence-electron chi connectivity index (χ3n) is 5.27. The summed E-state index contributed by atoms with van der Waals surface area (Å²) in [4.78, 5) is 24.8. The number of nitrogens with one attached hydrogen (secondary N) is 4. The molecule has 0 radical (unpaired) electrons. The van der Waals surface area contributed by atoms with E-state index in [4.69, 9.17) is 0 Å². The molecule has 4 N–H and O–H groups in total. The second-order valence-electron chi connectivity index (χ2n) is 7.79. The van der Waals surface area contributed by atoms with E-state index in [0.29, 0.717) is 11.4 Å². The molecule has 0 unspecified atom stereocenters. The Morgan fingerprint density at radius 2 is 0.871 bits per heavy atom. The number of carbonyl (C=O) groups is 2. The number of urea groups is 2. The maximum atomic E-state index is 12.4. The minimum atomic E-state index is -0.349. The first-order chi connectivity index (χ1) is 14.7. The third kappa shape index (κ3) is 5.85. The van der Waals surface area contributed by atoms with Crippen LogP contribution < -0.4 is 21.3 Å². The molecule has 0 bridgehead atoms. The molecule has 0 fully saturated rings. The molecule has 0 aliphatic carbocycles. The van der Waals surface area contributed by atoms with Crippen molar-refractivity contribution in [2.45, 2.75) is 34.6 Å². The molecular weight excluding hydrogens is 388 g/mol. The Labute approximate surface area is 183 Å². The van der Waals surface area contributed by atoms with Crippen LogP contribution in [0.1, 0.15) is 27.8 Å². The van der Waals surface area contributed by atoms with Gasteiger partial charge in [0.25, 0.3) is 0 Å². The molecule has 0 saturated heterocycles. The SMILES string of the molecule is Cc1ccc(NC(=O)Nc2ccc(C)c(NC(=O)Nc3ccc(C)c(C)c3)c2)cc1C. The Hall–Kier alpha value is -3.80. The summed E-state index contributed by atoms with van der Waals surface area (Å²) in [5.41, 5.74) is 8.07. The van der Waals surface area contributed by atoms with E-state index in [1.54, 1.807) is 12.1 Å². The molecule has 0 heterocycles. The second kappa shape index (κ2) is 9.34. The van der Waals surface area contributed by atoms with Gasteiger partial charge >= 0.3 is 12.1 Å². The Morgan fingerprint density at radius 1 is 0.484 bits per heavy atom. The normalized spacial score (nSPS) is 10.4. The van der Waals surface area contributed by atoms with Crippen molar-refractivity contribution in [1.82, 2.24) is 0 Å². The summed E-state index contributed by atoms with van der Waals surface area (Å²) >= 11 is 0. The average Bonchev–Trinajstić information content (AvgIpc) is 2.70. The summed E-state index contributed by atoms with van der Waals surface area (Å²) in [7, 11) is 0. The van der Waals surface area contributed by atoms with Crippen LogP contribution in [0.3, 0.4) is 0 Å². The second-order valence-corrected chi connectivity index (χ2v) is 7.79. The zero-order chi connectivity index (χ0) is 22.5. The molecule has 6 heteroatoms. The minimum absolute atomic E-state index is 0.344. The minimum Gasteiger partial charge on any atom is -0.308 e. The van der Waals surface area contributed by atoms with Crippen molar-refractivity contribution in [3.05, 3.63) is 82.4 Å². The highest BCUT2D eigenvalue weighted by Crippen LogP contribution is 2.22. The highest BCUT2D eigenvalue weighted by Gasteiger charge is 2.09. The Kier molecular flexibility index (Phi) is 6.60. The van der Waals surface area contributed by atoms with Crippen LogP contribution in [-0.2, 0) is 0 Å². The number of carbonyl (C=O) groups excluding carboxylic acids is 2. The first-order valence-electron chi connectivity index (χ1n) is 10.1. The van der Waals surface area contributed by atoms with Crippen molar-refractivity contribution >= 4 is 34.8 Å². The Bertz CT molecular complexity index is 1140.